The highest BCUT2D eigenvalue weighted by molar-refractivity contribution is 7.18. The Kier molecular flexibility index (Phi) is 5.85. The Morgan fingerprint density at radius 3 is 2.81 bits per heavy atom. The summed E-state index contributed by atoms with van der Waals surface area (Å²) in [5.74, 6) is 0.958. The molecule has 1 unspecified atom stereocenters. The second-order valence-electron chi connectivity index (χ2n) is 6.49. The largest absolute Gasteiger partial charge is 0.497 e. The maximum absolute atomic E-state index is 12.5. The van der Waals surface area contributed by atoms with Crippen LogP contribution in [0, 0.1) is 0 Å². The summed E-state index contributed by atoms with van der Waals surface area (Å²) in [6.45, 7) is 1.77. The lowest BCUT2D eigenvalue weighted by atomic mass is 10.2. The van der Waals surface area contributed by atoms with Crippen molar-refractivity contribution in [2.24, 2.45) is 0 Å². The van der Waals surface area contributed by atoms with Gasteiger partial charge in [0, 0.05) is 12.6 Å². The summed E-state index contributed by atoms with van der Waals surface area (Å²) in [4.78, 5) is 20.0. The molecule has 5 nitrogen and oxygen atoms in total. The van der Waals surface area contributed by atoms with Crippen LogP contribution in [0.4, 0.5) is 0 Å². The summed E-state index contributed by atoms with van der Waals surface area (Å²) >= 11 is 1.64. The highest BCUT2D eigenvalue weighted by atomic mass is 32.1. The highest BCUT2D eigenvalue weighted by Gasteiger charge is 2.17. The number of rotatable bonds is 7. The number of likely N-dealkylation sites (N-methyl/N-ethyl adjacent to an activating group) is 2. The smallest absolute Gasteiger partial charge is 0.277 e. The molecule has 3 aromatic rings. The number of carbonyl (C=O) groups excluding carboxylic acids is 1. The zero-order valence-electron chi connectivity index (χ0n) is 15.4. The average molecular weight is 370 g/mol. The van der Waals surface area contributed by atoms with E-state index in [0.29, 0.717) is 13.1 Å². The van der Waals surface area contributed by atoms with Crippen molar-refractivity contribution in [3.05, 3.63) is 59.1 Å². The minimum Gasteiger partial charge on any atom is -0.497 e. The van der Waals surface area contributed by atoms with Crippen LogP contribution in [-0.2, 0) is 17.9 Å². The van der Waals surface area contributed by atoms with Gasteiger partial charge in [-0.25, -0.2) is 4.98 Å². The molecule has 0 fully saturated rings. The Morgan fingerprint density at radius 1 is 1.23 bits per heavy atom. The third kappa shape index (κ3) is 4.59. The molecule has 0 aliphatic carbocycles. The van der Waals surface area contributed by atoms with E-state index in [-0.39, 0.29) is 5.91 Å². The molecule has 0 bridgehead atoms. The number of para-hydroxylation sites is 1. The lowest BCUT2D eigenvalue weighted by Crippen LogP contribution is -3.08. The van der Waals surface area contributed by atoms with Gasteiger partial charge in [-0.2, -0.15) is 0 Å². The predicted molar refractivity (Wildman–Crippen MR) is 105 cm³/mol. The highest BCUT2D eigenvalue weighted by Crippen LogP contribution is 2.22. The standard InChI is InChI=1S/C20H23N3O2S/c1-22(12-15-7-6-8-16(11-15)25-3)14-20(24)23(2)13-19-21-17-9-4-5-10-18(17)26-19/h4-11H,12-14H2,1-3H3/p+1. The van der Waals surface area contributed by atoms with E-state index in [0.717, 1.165) is 38.0 Å². The summed E-state index contributed by atoms with van der Waals surface area (Å²) in [7, 11) is 5.53. The second-order valence-corrected chi connectivity index (χ2v) is 7.60. The van der Waals surface area contributed by atoms with Crippen LogP contribution in [0.25, 0.3) is 10.2 Å². The van der Waals surface area contributed by atoms with E-state index in [1.165, 1.54) is 0 Å². The van der Waals surface area contributed by atoms with Crippen LogP contribution in [0.3, 0.4) is 0 Å². The number of thiazole rings is 1. The molecule has 26 heavy (non-hydrogen) atoms. The number of nitrogens with zero attached hydrogens (tertiary/aromatic N) is 2. The molecule has 1 atom stereocenters. The molecular weight excluding hydrogens is 346 g/mol. The van der Waals surface area contributed by atoms with Gasteiger partial charge in [0.05, 0.1) is 30.9 Å². The van der Waals surface area contributed by atoms with Crippen molar-refractivity contribution >= 4 is 27.5 Å². The van der Waals surface area contributed by atoms with E-state index in [1.807, 2.05) is 50.5 Å². The number of nitrogens with one attached hydrogen (secondary N) is 1. The summed E-state index contributed by atoms with van der Waals surface area (Å²) in [5, 5.41) is 0.965. The van der Waals surface area contributed by atoms with Gasteiger partial charge in [0.25, 0.3) is 5.91 Å². The molecule has 1 amide bonds. The minimum absolute atomic E-state index is 0.115. The molecule has 6 heteroatoms. The molecule has 0 aliphatic rings. The fourth-order valence-electron chi connectivity index (χ4n) is 2.87. The topological polar surface area (TPSA) is 46.9 Å². The fourth-order valence-corrected chi connectivity index (χ4v) is 3.89. The van der Waals surface area contributed by atoms with Crippen LogP contribution in [-0.4, -0.2) is 43.5 Å². The van der Waals surface area contributed by atoms with Crippen molar-refractivity contribution in [2.75, 3.05) is 27.7 Å². The van der Waals surface area contributed by atoms with Crippen molar-refractivity contribution in [2.45, 2.75) is 13.1 Å². The molecule has 136 valence electrons. The van der Waals surface area contributed by atoms with Gasteiger partial charge in [-0.3, -0.25) is 4.79 Å². The minimum atomic E-state index is 0.115. The summed E-state index contributed by atoms with van der Waals surface area (Å²) in [5.41, 5.74) is 2.15. The van der Waals surface area contributed by atoms with E-state index in [2.05, 4.69) is 17.1 Å². The molecule has 0 saturated heterocycles. The Balaban J connectivity index is 1.56. The molecule has 0 aliphatic heterocycles. The Bertz CT molecular complexity index is 860. The molecule has 1 aromatic heterocycles. The first-order valence-corrected chi connectivity index (χ1v) is 9.39. The molecule has 3 rings (SSSR count). The van der Waals surface area contributed by atoms with E-state index in [4.69, 9.17) is 4.74 Å². The number of amides is 1. The number of benzene rings is 2. The van der Waals surface area contributed by atoms with Gasteiger partial charge < -0.3 is 14.5 Å². The Morgan fingerprint density at radius 2 is 2.04 bits per heavy atom. The molecule has 0 saturated carbocycles. The number of hydrogen-bond acceptors (Lipinski definition) is 4. The molecule has 1 N–H and O–H groups in total. The normalized spacial score (nSPS) is 12.1. The third-order valence-corrected chi connectivity index (χ3v) is 5.25. The van der Waals surface area contributed by atoms with Crippen molar-refractivity contribution in [1.29, 1.82) is 0 Å². The van der Waals surface area contributed by atoms with Crippen LogP contribution >= 0.6 is 11.3 Å². The second kappa shape index (κ2) is 8.29. The molecule has 0 spiro atoms. The Hall–Kier alpha value is -2.44. The van der Waals surface area contributed by atoms with Crippen LogP contribution in [0.2, 0.25) is 0 Å². The van der Waals surface area contributed by atoms with Gasteiger partial charge in [0.15, 0.2) is 6.54 Å². The number of fused-ring (bicyclic) bond motifs is 1. The van der Waals surface area contributed by atoms with Crippen molar-refractivity contribution in [3.8, 4) is 5.75 Å². The zero-order chi connectivity index (χ0) is 18.5. The maximum atomic E-state index is 12.5. The van der Waals surface area contributed by atoms with Crippen LogP contribution < -0.4 is 9.64 Å². The fraction of sp³-hybridized carbons (Fsp3) is 0.300. The average Bonchev–Trinajstić information content (AvgIpc) is 3.03. The van der Waals surface area contributed by atoms with E-state index in [9.17, 15) is 4.79 Å². The summed E-state index contributed by atoms with van der Waals surface area (Å²) < 4.78 is 6.41. The lowest BCUT2D eigenvalue weighted by Gasteiger charge is -2.19. The molecule has 1 heterocycles. The van der Waals surface area contributed by atoms with Gasteiger partial charge in [0.1, 0.15) is 17.3 Å². The van der Waals surface area contributed by atoms with Gasteiger partial charge >= 0.3 is 0 Å². The van der Waals surface area contributed by atoms with Crippen molar-refractivity contribution in [3.63, 3.8) is 0 Å². The number of aromatic nitrogens is 1. The predicted octanol–water partition coefficient (Wildman–Crippen LogP) is 1.98. The lowest BCUT2D eigenvalue weighted by molar-refractivity contribution is -0.885. The monoisotopic (exact) mass is 370 g/mol. The van der Waals surface area contributed by atoms with Crippen molar-refractivity contribution < 1.29 is 14.4 Å². The quantitative estimate of drug-likeness (QED) is 0.692. The van der Waals surface area contributed by atoms with Crippen LogP contribution in [0.15, 0.2) is 48.5 Å². The van der Waals surface area contributed by atoms with E-state index < -0.39 is 0 Å². The third-order valence-electron chi connectivity index (χ3n) is 4.23. The SMILES string of the molecule is COc1cccc(C[NH+](C)CC(=O)N(C)Cc2nc3ccccc3s2)c1. The number of hydrogen-bond donors (Lipinski definition) is 1. The number of quaternary nitrogens is 1. The van der Waals surface area contributed by atoms with Crippen LogP contribution in [0.1, 0.15) is 10.6 Å². The number of ether oxygens (including phenoxy) is 1. The molecule has 2 aromatic carbocycles. The summed E-state index contributed by atoms with van der Waals surface area (Å²) in [6.07, 6.45) is 0. The van der Waals surface area contributed by atoms with Crippen molar-refractivity contribution in [1.82, 2.24) is 9.88 Å². The van der Waals surface area contributed by atoms with E-state index in [1.54, 1.807) is 23.3 Å². The first-order chi connectivity index (χ1) is 12.5. The Labute approximate surface area is 157 Å². The maximum Gasteiger partial charge on any atom is 0.277 e. The van der Waals surface area contributed by atoms with Gasteiger partial charge in [-0.1, -0.05) is 24.3 Å². The summed E-state index contributed by atoms with van der Waals surface area (Å²) in [6, 6.07) is 16.0. The van der Waals surface area contributed by atoms with Gasteiger partial charge in [0.2, 0.25) is 0 Å². The first kappa shape index (κ1) is 18.4. The number of methoxy groups -OCH3 is 1. The molecular formula is C20H24N3O2S+. The van der Waals surface area contributed by atoms with Crippen LogP contribution in [0.5, 0.6) is 5.75 Å². The number of carbonyl (C=O) groups is 1. The molecule has 0 radical (unpaired) electrons. The first-order valence-electron chi connectivity index (χ1n) is 8.58. The van der Waals surface area contributed by atoms with Gasteiger partial charge in [-0.15, -0.1) is 11.3 Å². The zero-order valence-corrected chi connectivity index (χ0v) is 16.2. The van der Waals surface area contributed by atoms with Gasteiger partial charge in [-0.05, 0) is 24.3 Å². The van der Waals surface area contributed by atoms with E-state index >= 15 is 0 Å².